The van der Waals surface area contributed by atoms with Gasteiger partial charge in [0.2, 0.25) is 0 Å². The summed E-state index contributed by atoms with van der Waals surface area (Å²) >= 11 is 8.56. The summed E-state index contributed by atoms with van der Waals surface area (Å²) in [5, 5.41) is 7.32. The van der Waals surface area contributed by atoms with Crippen LogP contribution in [-0.4, -0.2) is 6.21 Å². The van der Waals surface area contributed by atoms with Crippen molar-refractivity contribution in [2.45, 2.75) is 4.43 Å². The smallest absolute Gasteiger partial charge is 0.0667 e. The summed E-state index contributed by atoms with van der Waals surface area (Å²) in [7, 11) is 0. The molecule has 0 aliphatic heterocycles. The Morgan fingerprint density at radius 3 is 2.23 bits per heavy atom. The molecule has 0 heterocycles. The number of nitrogens with zero attached hydrogens (tertiary/aromatic N) is 2. The van der Waals surface area contributed by atoms with Gasteiger partial charge in [0.15, 0.2) is 0 Å². The topological polar surface area (TPSA) is 15.6 Å². The highest BCUT2D eigenvalue weighted by Gasteiger charge is 2.09. The molecule has 0 aliphatic carbocycles. The van der Waals surface area contributed by atoms with Crippen molar-refractivity contribution in [2.24, 2.45) is 5.10 Å². The molecule has 3 aromatic rings. The second-order valence-corrected chi connectivity index (χ2v) is 6.91. The maximum absolute atomic E-state index is 6.20. The van der Waals surface area contributed by atoms with Gasteiger partial charge in [-0.2, -0.15) is 5.10 Å². The Kier molecular flexibility index (Phi) is 6.47. The molecule has 0 saturated carbocycles. The number of hydrogen-bond acceptors (Lipinski definition) is 2. The van der Waals surface area contributed by atoms with Crippen molar-refractivity contribution in [3.05, 3.63) is 101 Å². The number of hydrogen-bond donors (Lipinski definition) is 0. The average molecular weight is 473 g/mol. The first kappa shape index (κ1) is 18.7. The Hall–Kier alpha value is -2.11. The molecule has 0 amide bonds. The highest BCUT2D eigenvalue weighted by atomic mass is 127. The summed E-state index contributed by atoms with van der Waals surface area (Å²) in [6.45, 7) is 3.78. The van der Waals surface area contributed by atoms with Crippen molar-refractivity contribution in [2.75, 3.05) is 5.01 Å². The van der Waals surface area contributed by atoms with Gasteiger partial charge in [-0.15, -0.1) is 0 Å². The van der Waals surface area contributed by atoms with E-state index in [-0.39, 0.29) is 0 Å². The van der Waals surface area contributed by atoms with Gasteiger partial charge in [-0.1, -0.05) is 89.3 Å². The molecule has 0 aliphatic rings. The van der Waals surface area contributed by atoms with Crippen molar-refractivity contribution in [1.29, 1.82) is 0 Å². The maximum atomic E-state index is 6.20. The third-order valence-corrected chi connectivity index (χ3v) is 4.97. The van der Waals surface area contributed by atoms with E-state index in [0.717, 1.165) is 26.9 Å². The summed E-state index contributed by atoms with van der Waals surface area (Å²) in [5.41, 5.74) is 5.28. The Labute approximate surface area is 173 Å². The minimum Gasteiger partial charge on any atom is -0.234 e. The van der Waals surface area contributed by atoms with Gasteiger partial charge in [-0.3, -0.25) is 0 Å². The summed E-state index contributed by atoms with van der Waals surface area (Å²) in [6, 6.07) is 24.2. The Bertz CT molecular complexity index is 919. The van der Waals surface area contributed by atoms with Crippen LogP contribution in [0.1, 0.15) is 16.7 Å². The van der Waals surface area contributed by atoms with E-state index in [4.69, 9.17) is 16.7 Å². The van der Waals surface area contributed by atoms with Crippen LogP contribution in [0.25, 0.3) is 6.08 Å². The molecule has 130 valence electrons. The lowest BCUT2D eigenvalue weighted by molar-refractivity contribution is 1.09. The van der Waals surface area contributed by atoms with Crippen molar-refractivity contribution in [3.8, 4) is 0 Å². The van der Waals surface area contributed by atoms with Gasteiger partial charge >= 0.3 is 0 Å². The van der Waals surface area contributed by atoms with Crippen LogP contribution >= 0.6 is 34.2 Å². The van der Waals surface area contributed by atoms with E-state index in [1.54, 1.807) is 0 Å². The molecule has 0 saturated heterocycles. The maximum Gasteiger partial charge on any atom is 0.0667 e. The molecule has 4 heteroatoms. The number of benzene rings is 3. The second-order valence-electron chi connectivity index (χ2n) is 5.71. The minimum atomic E-state index is 0.683. The SMILES string of the molecule is C=Cc1ccc(C=NN(c2cccc(Cl)c2)c2cccc(CI)c2)cc1. The molecular formula is C22H18ClIN2. The van der Waals surface area contributed by atoms with Crippen LogP contribution < -0.4 is 5.01 Å². The van der Waals surface area contributed by atoms with E-state index in [1.165, 1.54) is 5.56 Å². The quantitative estimate of drug-likeness (QED) is 0.162. The summed E-state index contributed by atoms with van der Waals surface area (Å²) in [5.74, 6) is 0. The van der Waals surface area contributed by atoms with Gasteiger partial charge in [-0.25, -0.2) is 5.01 Å². The van der Waals surface area contributed by atoms with Gasteiger partial charge < -0.3 is 0 Å². The standard InChI is InChI=1S/C22H18ClIN2/c1-2-17-9-11-18(12-10-17)16-25-26(22-8-4-6-20(23)14-22)21-7-3-5-19(13-21)15-24/h2-14,16H,1,15H2. The molecule has 0 N–H and O–H groups in total. The summed E-state index contributed by atoms with van der Waals surface area (Å²) < 4.78 is 0.946. The molecule has 0 aromatic heterocycles. The van der Waals surface area contributed by atoms with E-state index >= 15 is 0 Å². The third kappa shape index (κ3) is 4.74. The normalized spacial score (nSPS) is 10.8. The lowest BCUT2D eigenvalue weighted by Crippen LogP contribution is -2.09. The number of hydrazone groups is 1. The monoisotopic (exact) mass is 472 g/mol. The molecule has 0 fully saturated rings. The van der Waals surface area contributed by atoms with Gasteiger partial charge in [0.05, 0.1) is 17.6 Å². The molecule has 26 heavy (non-hydrogen) atoms. The average Bonchev–Trinajstić information content (AvgIpc) is 2.69. The molecule has 0 unspecified atom stereocenters. The van der Waals surface area contributed by atoms with E-state index in [2.05, 4.69) is 53.4 Å². The zero-order valence-electron chi connectivity index (χ0n) is 14.1. The van der Waals surface area contributed by atoms with Crippen LogP contribution in [0.15, 0.2) is 84.5 Å². The van der Waals surface area contributed by atoms with Crippen LogP contribution in [0.2, 0.25) is 5.02 Å². The lowest BCUT2D eigenvalue weighted by Gasteiger charge is -2.20. The van der Waals surface area contributed by atoms with Crippen LogP contribution in [0.5, 0.6) is 0 Å². The van der Waals surface area contributed by atoms with Gasteiger partial charge in [0.25, 0.3) is 0 Å². The third-order valence-electron chi connectivity index (χ3n) is 3.86. The largest absolute Gasteiger partial charge is 0.234 e. The van der Waals surface area contributed by atoms with E-state index in [0.29, 0.717) is 5.02 Å². The van der Waals surface area contributed by atoms with Crippen LogP contribution in [0.3, 0.4) is 0 Å². The van der Waals surface area contributed by atoms with Crippen molar-refractivity contribution >= 4 is 57.9 Å². The molecule has 0 atom stereocenters. The minimum absolute atomic E-state index is 0.683. The number of halogens is 2. The molecular weight excluding hydrogens is 455 g/mol. The van der Waals surface area contributed by atoms with Gasteiger partial charge in [-0.05, 0) is 47.0 Å². The Morgan fingerprint density at radius 1 is 0.923 bits per heavy atom. The predicted molar refractivity (Wildman–Crippen MR) is 122 cm³/mol. The summed E-state index contributed by atoms with van der Waals surface area (Å²) in [6.07, 6.45) is 3.68. The van der Waals surface area contributed by atoms with Crippen molar-refractivity contribution in [3.63, 3.8) is 0 Å². The highest BCUT2D eigenvalue weighted by molar-refractivity contribution is 14.1. The number of anilines is 2. The number of alkyl halides is 1. The fourth-order valence-corrected chi connectivity index (χ4v) is 3.16. The molecule has 3 rings (SSSR count). The predicted octanol–water partition coefficient (Wildman–Crippen LogP) is 7.09. The summed E-state index contributed by atoms with van der Waals surface area (Å²) in [4.78, 5) is 0. The molecule has 0 bridgehead atoms. The fourth-order valence-electron chi connectivity index (χ4n) is 2.50. The van der Waals surface area contributed by atoms with E-state index in [1.807, 2.05) is 65.8 Å². The first-order chi connectivity index (χ1) is 12.7. The lowest BCUT2D eigenvalue weighted by atomic mass is 10.1. The first-order valence-corrected chi connectivity index (χ1v) is 10.1. The van der Waals surface area contributed by atoms with E-state index in [9.17, 15) is 0 Å². The molecule has 3 aromatic carbocycles. The molecule has 0 radical (unpaired) electrons. The second kappa shape index (κ2) is 9.01. The number of rotatable bonds is 6. The van der Waals surface area contributed by atoms with Crippen LogP contribution in [0, 0.1) is 0 Å². The van der Waals surface area contributed by atoms with Crippen LogP contribution in [0.4, 0.5) is 11.4 Å². The van der Waals surface area contributed by atoms with E-state index < -0.39 is 0 Å². The highest BCUT2D eigenvalue weighted by Crippen LogP contribution is 2.29. The van der Waals surface area contributed by atoms with Gasteiger partial charge in [0, 0.05) is 9.45 Å². The van der Waals surface area contributed by atoms with Crippen molar-refractivity contribution < 1.29 is 0 Å². The first-order valence-electron chi connectivity index (χ1n) is 8.16. The van der Waals surface area contributed by atoms with Crippen molar-refractivity contribution in [1.82, 2.24) is 0 Å². The molecule has 0 spiro atoms. The fraction of sp³-hybridized carbons (Fsp3) is 0.0455. The zero-order valence-corrected chi connectivity index (χ0v) is 17.1. The zero-order chi connectivity index (χ0) is 18.4. The Morgan fingerprint density at radius 2 is 1.58 bits per heavy atom. The molecule has 2 nitrogen and oxygen atoms in total. The van der Waals surface area contributed by atoms with Crippen LogP contribution in [-0.2, 0) is 4.43 Å². The van der Waals surface area contributed by atoms with Gasteiger partial charge in [0.1, 0.15) is 0 Å². The Balaban J connectivity index is 1.99.